The maximum atomic E-state index is 9.65. The van der Waals surface area contributed by atoms with Gasteiger partial charge in [-0.3, -0.25) is 0 Å². The molecule has 0 heterocycles. The second-order valence-corrected chi connectivity index (χ2v) is 9.29. The van der Waals surface area contributed by atoms with Gasteiger partial charge in [0.1, 0.15) is 0 Å². The van der Waals surface area contributed by atoms with Crippen LogP contribution in [0.5, 0.6) is 0 Å². The lowest BCUT2D eigenvalue weighted by molar-refractivity contribution is 0.426. The number of rotatable bonds is 6. The lowest BCUT2D eigenvalue weighted by Gasteiger charge is -2.27. The van der Waals surface area contributed by atoms with Crippen molar-refractivity contribution in [1.29, 1.82) is 0 Å². The van der Waals surface area contributed by atoms with Crippen LogP contribution in [0.25, 0.3) is 33.0 Å². The molecule has 0 aliphatic rings. The zero-order chi connectivity index (χ0) is 25.9. The van der Waals surface area contributed by atoms with Crippen LogP contribution in [-0.2, 0) is 0 Å². The molecule has 0 atom stereocenters. The molecular weight excluding hydrogens is 465 g/mol. The minimum Gasteiger partial charge on any atom is -0.423 e. The highest BCUT2D eigenvalue weighted by Crippen LogP contribution is 2.40. The standard InChI is InChI=1S/C34H26BNO2/c37-35(38)29-17-21-31(22-18-29)36(30-19-15-26(16-20-30)25-9-3-1-4-10-25)32-23-28-13-7-8-14-33(28)34(24-32)27-11-5-2-6-12-27/h1-24,37-38H. The molecule has 0 bridgehead atoms. The molecule has 0 spiro atoms. The van der Waals surface area contributed by atoms with Crippen molar-refractivity contribution in [1.82, 2.24) is 0 Å². The van der Waals surface area contributed by atoms with Crippen molar-refractivity contribution in [2.45, 2.75) is 0 Å². The molecule has 0 saturated carbocycles. The van der Waals surface area contributed by atoms with Crippen LogP contribution in [0.4, 0.5) is 17.1 Å². The van der Waals surface area contributed by atoms with Gasteiger partial charge in [0.15, 0.2) is 0 Å². The quantitative estimate of drug-likeness (QED) is 0.240. The maximum Gasteiger partial charge on any atom is 0.488 e. The highest BCUT2D eigenvalue weighted by atomic mass is 16.4. The highest BCUT2D eigenvalue weighted by molar-refractivity contribution is 6.58. The summed E-state index contributed by atoms with van der Waals surface area (Å²) in [6, 6.07) is 49.6. The van der Waals surface area contributed by atoms with Crippen LogP contribution in [0.1, 0.15) is 0 Å². The smallest absolute Gasteiger partial charge is 0.423 e. The molecule has 0 amide bonds. The van der Waals surface area contributed by atoms with Gasteiger partial charge in [-0.1, -0.05) is 109 Å². The Morgan fingerprint density at radius 2 is 0.974 bits per heavy atom. The largest absolute Gasteiger partial charge is 0.488 e. The van der Waals surface area contributed by atoms with Gasteiger partial charge >= 0.3 is 7.12 Å². The molecule has 182 valence electrons. The van der Waals surface area contributed by atoms with E-state index in [4.69, 9.17) is 0 Å². The van der Waals surface area contributed by atoms with Crippen molar-refractivity contribution in [3.8, 4) is 22.3 Å². The topological polar surface area (TPSA) is 43.7 Å². The molecule has 6 aromatic rings. The fourth-order valence-electron chi connectivity index (χ4n) is 4.96. The summed E-state index contributed by atoms with van der Waals surface area (Å²) in [5.74, 6) is 0. The minimum absolute atomic E-state index is 0.455. The molecule has 0 fully saturated rings. The predicted molar refractivity (Wildman–Crippen MR) is 159 cm³/mol. The van der Waals surface area contributed by atoms with Crippen molar-refractivity contribution < 1.29 is 10.0 Å². The van der Waals surface area contributed by atoms with Gasteiger partial charge in [0, 0.05) is 17.1 Å². The molecule has 0 aliphatic carbocycles. The van der Waals surface area contributed by atoms with E-state index in [1.807, 2.05) is 36.4 Å². The van der Waals surface area contributed by atoms with Crippen LogP contribution >= 0.6 is 0 Å². The Kier molecular flexibility index (Phi) is 6.49. The van der Waals surface area contributed by atoms with Gasteiger partial charge in [0.05, 0.1) is 0 Å². The van der Waals surface area contributed by atoms with Crippen molar-refractivity contribution in [2.24, 2.45) is 0 Å². The SMILES string of the molecule is OB(O)c1ccc(N(c2ccc(-c3ccccc3)cc2)c2cc(-c3ccccc3)c3ccccc3c2)cc1. The first-order chi connectivity index (χ1) is 18.7. The van der Waals surface area contributed by atoms with E-state index in [-0.39, 0.29) is 0 Å². The normalized spacial score (nSPS) is 10.9. The minimum atomic E-state index is -1.51. The zero-order valence-corrected chi connectivity index (χ0v) is 20.8. The van der Waals surface area contributed by atoms with Crippen LogP contribution < -0.4 is 10.4 Å². The van der Waals surface area contributed by atoms with Crippen LogP contribution in [0.15, 0.2) is 146 Å². The van der Waals surface area contributed by atoms with Crippen molar-refractivity contribution >= 4 is 40.4 Å². The fraction of sp³-hybridized carbons (Fsp3) is 0. The number of fused-ring (bicyclic) bond motifs is 1. The second kappa shape index (κ2) is 10.4. The molecule has 3 nitrogen and oxygen atoms in total. The van der Waals surface area contributed by atoms with E-state index in [0.29, 0.717) is 5.46 Å². The van der Waals surface area contributed by atoms with Gasteiger partial charge in [-0.05, 0) is 74.9 Å². The molecule has 0 aliphatic heterocycles. The van der Waals surface area contributed by atoms with Crippen LogP contribution in [0.2, 0.25) is 0 Å². The molecular formula is C34H26BNO2. The van der Waals surface area contributed by atoms with Crippen LogP contribution in [0.3, 0.4) is 0 Å². The van der Waals surface area contributed by atoms with E-state index < -0.39 is 7.12 Å². The lowest BCUT2D eigenvalue weighted by Crippen LogP contribution is -2.29. The van der Waals surface area contributed by atoms with E-state index in [9.17, 15) is 10.0 Å². The zero-order valence-electron chi connectivity index (χ0n) is 20.8. The third-order valence-electron chi connectivity index (χ3n) is 6.87. The Labute approximate surface area is 223 Å². The summed E-state index contributed by atoms with van der Waals surface area (Å²) in [5, 5.41) is 21.6. The van der Waals surface area contributed by atoms with Crippen LogP contribution in [-0.4, -0.2) is 17.2 Å². The summed E-state index contributed by atoms with van der Waals surface area (Å²) in [4.78, 5) is 2.21. The Hall–Kier alpha value is -4.64. The fourth-order valence-corrected chi connectivity index (χ4v) is 4.96. The number of benzene rings is 6. The third kappa shape index (κ3) is 4.71. The van der Waals surface area contributed by atoms with E-state index >= 15 is 0 Å². The van der Waals surface area contributed by atoms with Gasteiger partial charge in [0.2, 0.25) is 0 Å². The number of hydrogen-bond acceptors (Lipinski definition) is 3. The van der Waals surface area contributed by atoms with Crippen LogP contribution in [0, 0.1) is 0 Å². The van der Waals surface area contributed by atoms with Gasteiger partial charge in [-0.15, -0.1) is 0 Å². The first-order valence-corrected chi connectivity index (χ1v) is 12.7. The summed E-state index contributed by atoms with van der Waals surface area (Å²) in [5.41, 5.74) is 8.05. The molecule has 38 heavy (non-hydrogen) atoms. The van der Waals surface area contributed by atoms with Crippen molar-refractivity contribution in [3.63, 3.8) is 0 Å². The first kappa shape index (κ1) is 23.7. The Morgan fingerprint density at radius 1 is 0.447 bits per heavy atom. The number of hydrogen-bond donors (Lipinski definition) is 2. The summed E-state index contributed by atoms with van der Waals surface area (Å²) < 4.78 is 0. The molecule has 0 aromatic heterocycles. The van der Waals surface area contributed by atoms with Crippen molar-refractivity contribution in [3.05, 3.63) is 146 Å². The maximum absolute atomic E-state index is 9.65. The molecule has 4 heteroatoms. The average molecular weight is 491 g/mol. The summed E-state index contributed by atoms with van der Waals surface area (Å²) in [7, 11) is -1.51. The molecule has 2 N–H and O–H groups in total. The number of anilines is 3. The highest BCUT2D eigenvalue weighted by Gasteiger charge is 2.17. The summed E-state index contributed by atoms with van der Waals surface area (Å²) >= 11 is 0. The monoisotopic (exact) mass is 491 g/mol. The first-order valence-electron chi connectivity index (χ1n) is 12.7. The Balaban J connectivity index is 1.53. The summed E-state index contributed by atoms with van der Waals surface area (Å²) in [6.07, 6.45) is 0. The Bertz CT molecular complexity index is 1670. The van der Waals surface area contributed by atoms with Gasteiger partial charge < -0.3 is 14.9 Å². The van der Waals surface area contributed by atoms with Gasteiger partial charge in [-0.25, -0.2) is 0 Å². The van der Waals surface area contributed by atoms with Gasteiger partial charge in [0.25, 0.3) is 0 Å². The second-order valence-electron chi connectivity index (χ2n) is 9.29. The van der Waals surface area contributed by atoms with Gasteiger partial charge in [-0.2, -0.15) is 0 Å². The molecule has 6 aromatic carbocycles. The average Bonchev–Trinajstić information content (AvgIpc) is 2.98. The predicted octanol–water partition coefficient (Wildman–Crippen LogP) is 7.32. The lowest BCUT2D eigenvalue weighted by atomic mass is 9.80. The third-order valence-corrected chi connectivity index (χ3v) is 6.87. The number of nitrogens with zero attached hydrogens (tertiary/aromatic N) is 1. The van der Waals surface area contributed by atoms with E-state index in [1.54, 1.807) is 12.1 Å². The van der Waals surface area contributed by atoms with E-state index in [2.05, 4.69) is 102 Å². The van der Waals surface area contributed by atoms with E-state index in [1.165, 1.54) is 10.9 Å². The molecule has 0 radical (unpaired) electrons. The molecule has 6 rings (SSSR count). The van der Waals surface area contributed by atoms with Crippen molar-refractivity contribution in [2.75, 3.05) is 4.90 Å². The summed E-state index contributed by atoms with van der Waals surface area (Å²) in [6.45, 7) is 0. The molecule has 0 saturated heterocycles. The Morgan fingerprint density at radius 3 is 1.61 bits per heavy atom. The molecule has 0 unspecified atom stereocenters. The van der Waals surface area contributed by atoms with E-state index in [0.717, 1.165) is 39.1 Å².